The number of amides is 2. The van der Waals surface area contributed by atoms with Gasteiger partial charge in [0.05, 0.1) is 0 Å². The molecule has 1 heterocycles. The van der Waals surface area contributed by atoms with Crippen molar-refractivity contribution in [2.24, 2.45) is 29.4 Å². The van der Waals surface area contributed by atoms with Crippen LogP contribution in [0.4, 0.5) is 10.1 Å². The molecule has 2 amide bonds. The maximum Gasteiger partial charge on any atom is 0.227 e. The number of nitrogens with zero attached hydrogens (tertiary/aromatic N) is 1. The lowest BCUT2D eigenvalue weighted by Gasteiger charge is -2.45. The number of rotatable bonds is 3. The summed E-state index contributed by atoms with van der Waals surface area (Å²) in [5.74, 6) is 0.907. The molecule has 3 N–H and O–H groups in total. The standard InChI is InChI=1S/C22H30FN3O2/c23-18-4-6-19(7-5-18)25-21(27)14-8-10-26(11-9-14)22(28)17-12-15-2-1-3-16(13-17)20(15)24/h4-7,14-17,20H,1-3,8-13,24H2,(H,25,27). The Kier molecular flexibility index (Phi) is 5.67. The zero-order valence-electron chi connectivity index (χ0n) is 16.3. The molecule has 1 aromatic carbocycles. The second-order valence-electron chi connectivity index (χ2n) is 8.79. The maximum absolute atomic E-state index is 13.0. The van der Waals surface area contributed by atoms with Crippen molar-refractivity contribution in [3.8, 4) is 0 Å². The molecule has 1 aliphatic heterocycles. The number of hydrogen-bond acceptors (Lipinski definition) is 3. The number of nitrogens with two attached hydrogens (primary N) is 1. The van der Waals surface area contributed by atoms with Crippen molar-refractivity contribution in [1.82, 2.24) is 4.90 Å². The van der Waals surface area contributed by atoms with Gasteiger partial charge in [0.2, 0.25) is 11.8 Å². The van der Waals surface area contributed by atoms with Gasteiger partial charge in [-0.15, -0.1) is 0 Å². The van der Waals surface area contributed by atoms with Crippen molar-refractivity contribution in [3.05, 3.63) is 30.1 Å². The number of piperidine rings is 1. The average Bonchev–Trinajstić information content (AvgIpc) is 2.69. The van der Waals surface area contributed by atoms with Gasteiger partial charge in [-0.25, -0.2) is 4.39 Å². The van der Waals surface area contributed by atoms with E-state index in [0.717, 1.165) is 25.7 Å². The van der Waals surface area contributed by atoms with E-state index in [4.69, 9.17) is 5.73 Å². The molecule has 0 spiro atoms. The second-order valence-corrected chi connectivity index (χ2v) is 8.79. The Morgan fingerprint density at radius 1 is 0.964 bits per heavy atom. The van der Waals surface area contributed by atoms with Crippen LogP contribution >= 0.6 is 0 Å². The van der Waals surface area contributed by atoms with E-state index in [-0.39, 0.29) is 35.5 Å². The summed E-state index contributed by atoms with van der Waals surface area (Å²) in [6.07, 6.45) is 6.79. The van der Waals surface area contributed by atoms with Crippen molar-refractivity contribution in [2.75, 3.05) is 18.4 Å². The number of hydrogen-bond donors (Lipinski definition) is 2. The lowest BCUT2D eigenvalue weighted by Crippen LogP contribution is -2.51. The van der Waals surface area contributed by atoms with E-state index in [2.05, 4.69) is 5.32 Å². The van der Waals surface area contributed by atoms with Gasteiger partial charge in [-0.2, -0.15) is 0 Å². The minimum atomic E-state index is -0.322. The Morgan fingerprint density at radius 3 is 2.18 bits per heavy atom. The molecule has 2 unspecified atom stereocenters. The monoisotopic (exact) mass is 387 g/mol. The topological polar surface area (TPSA) is 75.4 Å². The van der Waals surface area contributed by atoms with Gasteiger partial charge in [0, 0.05) is 36.7 Å². The molecule has 152 valence electrons. The van der Waals surface area contributed by atoms with E-state index >= 15 is 0 Å². The van der Waals surface area contributed by atoms with Gasteiger partial charge < -0.3 is 16.0 Å². The van der Waals surface area contributed by atoms with Gasteiger partial charge in [0.25, 0.3) is 0 Å². The Bertz CT molecular complexity index is 701. The van der Waals surface area contributed by atoms with Crippen molar-refractivity contribution in [2.45, 2.75) is 51.0 Å². The fraction of sp³-hybridized carbons (Fsp3) is 0.636. The van der Waals surface area contributed by atoms with Crippen LogP contribution in [0.5, 0.6) is 0 Å². The first-order valence-corrected chi connectivity index (χ1v) is 10.6. The number of anilines is 1. The summed E-state index contributed by atoms with van der Waals surface area (Å²) in [5.41, 5.74) is 6.96. The molecule has 28 heavy (non-hydrogen) atoms. The maximum atomic E-state index is 13.0. The van der Waals surface area contributed by atoms with Crippen molar-refractivity contribution in [3.63, 3.8) is 0 Å². The van der Waals surface area contributed by atoms with Crippen LogP contribution in [-0.2, 0) is 9.59 Å². The molecule has 0 radical (unpaired) electrons. The summed E-state index contributed by atoms with van der Waals surface area (Å²) >= 11 is 0. The van der Waals surface area contributed by atoms with E-state index in [1.54, 1.807) is 12.1 Å². The highest BCUT2D eigenvalue weighted by atomic mass is 19.1. The average molecular weight is 387 g/mol. The van der Waals surface area contributed by atoms with Crippen LogP contribution in [0.1, 0.15) is 44.9 Å². The number of carbonyl (C=O) groups excluding carboxylic acids is 2. The van der Waals surface area contributed by atoms with E-state index in [9.17, 15) is 14.0 Å². The van der Waals surface area contributed by atoms with Gasteiger partial charge in [0.1, 0.15) is 5.82 Å². The van der Waals surface area contributed by atoms with Gasteiger partial charge in [-0.3, -0.25) is 9.59 Å². The minimum Gasteiger partial charge on any atom is -0.342 e. The molecule has 1 aromatic rings. The molecule has 5 nitrogen and oxygen atoms in total. The zero-order valence-corrected chi connectivity index (χ0v) is 16.3. The smallest absolute Gasteiger partial charge is 0.227 e. The summed E-state index contributed by atoms with van der Waals surface area (Å²) in [6.45, 7) is 1.27. The van der Waals surface area contributed by atoms with E-state index in [0.29, 0.717) is 43.5 Å². The summed E-state index contributed by atoms with van der Waals surface area (Å²) in [5, 5.41) is 2.85. The van der Waals surface area contributed by atoms with E-state index in [1.807, 2.05) is 4.90 Å². The fourth-order valence-electron chi connectivity index (χ4n) is 5.39. The first-order valence-electron chi connectivity index (χ1n) is 10.6. The number of halogens is 1. The molecule has 6 heteroatoms. The van der Waals surface area contributed by atoms with E-state index in [1.165, 1.54) is 18.6 Å². The quantitative estimate of drug-likeness (QED) is 0.837. The normalized spacial score (nSPS) is 30.7. The Morgan fingerprint density at radius 2 is 1.57 bits per heavy atom. The summed E-state index contributed by atoms with van der Waals surface area (Å²) in [4.78, 5) is 27.5. The fourth-order valence-corrected chi connectivity index (χ4v) is 5.39. The third-order valence-electron chi connectivity index (χ3n) is 7.05. The number of nitrogens with one attached hydrogen (secondary N) is 1. The van der Waals surface area contributed by atoms with Gasteiger partial charge in [0.15, 0.2) is 0 Å². The summed E-state index contributed by atoms with van der Waals surface area (Å²) in [7, 11) is 0. The molecule has 2 aliphatic carbocycles. The van der Waals surface area contributed by atoms with Crippen LogP contribution in [0.15, 0.2) is 24.3 Å². The van der Waals surface area contributed by atoms with Gasteiger partial charge in [-0.05, 0) is 74.6 Å². The molecular weight excluding hydrogens is 357 g/mol. The van der Waals surface area contributed by atoms with E-state index < -0.39 is 0 Å². The Hall–Kier alpha value is -1.95. The minimum absolute atomic E-state index is 0.0446. The van der Waals surface area contributed by atoms with Crippen LogP contribution in [0.3, 0.4) is 0 Å². The molecule has 3 fully saturated rings. The van der Waals surface area contributed by atoms with Crippen LogP contribution in [0.2, 0.25) is 0 Å². The third-order valence-corrected chi connectivity index (χ3v) is 7.05. The molecular formula is C22H30FN3O2. The van der Waals surface area contributed by atoms with Crippen LogP contribution in [-0.4, -0.2) is 35.8 Å². The molecule has 2 atom stereocenters. The number of fused-ring (bicyclic) bond motifs is 2. The first kappa shape index (κ1) is 19.4. The predicted molar refractivity (Wildman–Crippen MR) is 106 cm³/mol. The molecule has 3 aliphatic rings. The predicted octanol–water partition coefficient (Wildman–Crippen LogP) is 3.16. The summed E-state index contributed by atoms with van der Waals surface area (Å²) in [6, 6.07) is 6.08. The molecule has 4 rings (SSSR count). The van der Waals surface area contributed by atoms with Crippen LogP contribution < -0.4 is 11.1 Å². The highest BCUT2D eigenvalue weighted by molar-refractivity contribution is 5.92. The second kappa shape index (κ2) is 8.19. The third kappa shape index (κ3) is 4.07. The van der Waals surface area contributed by atoms with Crippen molar-refractivity contribution < 1.29 is 14.0 Å². The molecule has 2 saturated carbocycles. The highest BCUT2D eigenvalue weighted by Crippen LogP contribution is 2.42. The number of carbonyl (C=O) groups is 2. The largest absolute Gasteiger partial charge is 0.342 e. The first-order chi connectivity index (χ1) is 13.5. The highest BCUT2D eigenvalue weighted by Gasteiger charge is 2.42. The SMILES string of the molecule is NC1C2CCCC1CC(C(=O)N1CCC(C(=O)Nc3ccc(F)cc3)CC1)C2. The Balaban J connectivity index is 1.28. The summed E-state index contributed by atoms with van der Waals surface area (Å²) < 4.78 is 13.0. The number of benzene rings is 1. The molecule has 2 bridgehead atoms. The van der Waals surface area contributed by atoms with Crippen molar-refractivity contribution in [1.29, 1.82) is 0 Å². The van der Waals surface area contributed by atoms with Crippen molar-refractivity contribution >= 4 is 17.5 Å². The van der Waals surface area contributed by atoms with Gasteiger partial charge >= 0.3 is 0 Å². The molecule has 0 aromatic heterocycles. The van der Waals surface area contributed by atoms with Crippen LogP contribution in [0.25, 0.3) is 0 Å². The number of likely N-dealkylation sites (tertiary alicyclic amines) is 1. The zero-order chi connectivity index (χ0) is 19.7. The molecule has 1 saturated heterocycles. The Labute approximate surface area is 165 Å². The lowest BCUT2D eigenvalue weighted by molar-refractivity contribution is -0.141. The lowest BCUT2D eigenvalue weighted by atomic mass is 9.65. The van der Waals surface area contributed by atoms with Crippen LogP contribution in [0, 0.1) is 29.5 Å². The van der Waals surface area contributed by atoms with Gasteiger partial charge in [-0.1, -0.05) is 6.42 Å².